The van der Waals surface area contributed by atoms with Crippen LogP contribution in [0.4, 0.5) is 13.2 Å². The van der Waals surface area contributed by atoms with Crippen LogP contribution >= 0.6 is 15.9 Å². The summed E-state index contributed by atoms with van der Waals surface area (Å²) in [4.78, 5) is 2.43. The maximum absolute atomic E-state index is 12.1. The van der Waals surface area contributed by atoms with Crippen LogP contribution in [0.3, 0.4) is 0 Å². The molecule has 8 heteroatoms. The maximum atomic E-state index is 12.1. The van der Waals surface area contributed by atoms with Gasteiger partial charge in [-0.1, -0.05) is 0 Å². The first kappa shape index (κ1) is 11.4. The monoisotopic (exact) mass is 289 g/mol. The second-order valence-electron chi connectivity index (χ2n) is 2.26. The van der Waals surface area contributed by atoms with Crippen molar-refractivity contribution in [2.45, 2.75) is 10.4 Å². The van der Waals surface area contributed by atoms with E-state index in [0.29, 0.717) is 6.20 Å². The average molecular weight is 290 g/mol. The fraction of sp³-hybridized carbons (Fsp3) is 0.167. The molecule has 0 spiro atoms. The molecule has 0 saturated heterocycles. The van der Waals surface area contributed by atoms with Crippen LogP contribution in [0.2, 0.25) is 0 Å². The van der Waals surface area contributed by atoms with Crippen molar-refractivity contribution in [3.05, 3.63) is 22.9 Å². The Kier molecular flexibility index (Phi) is 2.86. The van der Waals surface area contributed by atoms with E-state index >= 15 is 0 Å². The highest BCUT2D eigenvalue weighted by molar-refractivity contribution is 9.10. The largest absolute Gasteiger partial charge is 0.502 e. The summed E-state index contributed by atoms with van der Waals surface area (Å²) in [6.45, 7) is 0. The van der Waals surface area contributed by atoms with Crippen LogP contribution in [0.1, 0.15) is 0 Å². The van der Waals surface area contributed by atoms with Crippen LogP contribution in [-0.2, 0) is 9.84 Å². The van der Waals surface area contributed by atoms with Crippen molar-refractivity contribution < 1.29 is 21.6 Å². The zero-order valence-corrected chi connectivity index (χ0v) is 8.82. The normalized spacial score (nSPS) is 12.9. The topological polar surface area (TPSA) is 47.0 Å². The molecule has 0 saturated carbocycles. The molecule has 0 aliphatic carbocycles. The molecule has 1 rings (SSSR count). The first-order valence-corrected chi connectivity index (χ1v) is 5.45. The number of hydrogen-bond donors (Lipinski definition) is 0. The third-order valence-corrected chi connectivity index (χ3v) is 3.80. The number of pyridine rings is 1. The van der Waals surface area contributed by atoms with E-state index < -0.39 is 20.2 Å². The van der Waals surface area contributed by atoms with Gasteiger partial charge < -0.3 is 0 Å². The zero-order chi connectivity index (χ0) is 11.0. The van der Waals surface area contributed by atoms with Gasteiger partial charge >= 0.3 is 5.51 Å². The number of halogens is 4. The Hall–Kier alpha value is -0.630. The SMILES string of the molecule is O=S(=O)(c1cnccc1Br)C(F)(F)F. The Bertz CT molecular complexity index is 443. The molecule has 3 nitrogen and oxygen atoms in total. The molecule has 0 aliphatic heterocycles. The molecule has 0 radical (unpaired) electrons. The van der Waals surface area contributed by atoms with Crippen molar-refractivity contribution in [2.24, 2.45) is 0 Å². The van der Waals surface area contributed by atoms with Gasteiger partial charge in [0.2, 0.25) is 0 Å². The van der Waals surface area contributed by atoms with Crippen LogP contribution in [0, 0.1) is 0 Å². The standard InChI is InChI=1S/C6H3BrF3NO2S/c7-4-1-2-11-3-5(4)14(12,13)6(8,9)10/h1-3H. The molecule has 0 atom stereocenters. The minimum Gasteiger partial charge on any atom is -0.263 e. The van der Waals surface area contributed by atoms with Gasteiger partial charge in [-0.05, 0) is 22.0 Å². The van der Waals surface area contributed by atoms with E-state index in [1.54, 1.807) is 0 Å². The van der Waals surface area contributed by atoms with Gasteiger partial charge in [0.05, 0.1) is 0 Å². The van der Waals surface area contributed by atoms with Crippen molar-refractivity contribution in [1.29, 1.82) is 0 Å². The molecule has 1 aromatic heterocycles. The van der Waals surface area contributed by atoms with E-state index in [1.165, 1.54) is 6.20 Å². The summed E-state index contributed by atoms with van der Waals surface area (Å²) in [7, 11) is -5.32. The lowest BCUT2D eigenvalue weighted by molar-refractivity contribution is -0.0436. The highest BCUT2D eigenvalue weighted by Crippen LogP contribution is 2.33. The molecule has 0 aromatic carbocycles. The van der Waals surface area contributed by atoms with E-state index in [9.17, 15) is 21.6 Å². The Morgan fingerprint density at radius 3 is 2.36 bits per heavy atom. The lowest BCUT2D eigenvalue weighted by Gasteiger charge is -2.08. The van der Waals surface area contributed by atoms with Crippen LogP contribution in [0.15, 0.2) is 27.8 Å². The van der Waals surface area contributed by atoms with Gasteiger partial charge in [-0.3, -0.25) is 4.98 Å². The minimum atomic E-state index is -5.32. The third kappa shape index (κ3) is 1.90. The van der Waals surface area contributed by atoms with Gasteiger partial charge in [0.1, 0.15) is 4.90 Å². The molecular weight excluding hydrogens is 287 g/mol. The van der Waals surface area contributed by atoms with Gasteiger partial charge in [0, 0.05) is 16.9 Å². The highest BCUT2D eigenvalue weighted by Gasteiger charge is 2.47. The smallest absolute Gasteiger partial charge is 0.263 e. The van der Waals surface area contributed by atoms with Crippen molar-refractivity contribution in [2.75, 3.05) is 0 Å². The van der Waals surface area contributed by atoms with Crippen LogP contribution in [-0.4, -0.2) is 18.9 Å². The molecule has 0 N–H and O–H groups in total. The predicted molar refractivity (Wildman–Crippen MR) is 45.2 cm³/mol. The van der Waals surface area contributed by atoms with Crippen LogP contribution in [0.25, 0.3) is 0 Å². The molecule has 78 valence electrons. The molecule has 0 amide bonds. The summed E-state index contributed by atoms with van der Waals surface area (Å²) in [5.41, 5.74) is -5.31. The van der Waals surface area contributed by atoms with Gasteiger partial charge in [-0.2, -0.15) is 13.2 Å². The van der Waals surface area contributed by atoms with Crippen LogP contribution < -0.4 is 0 Å². The van der Waals surface area contributed by atoms with Crippen molar-refractivity contribution >= 4 is 25.8 Å². The molecule has 0 fully saturated rings. The van der Waals surface area contributed by atoms with E-state index in [0.717, 1.165) is 6.07 Å². The Morgan fingerprint density at radius 2 is 1.93 bits per heavy atom. The number of sulfone groups is 1. The van der Waals surface area contributed by atoms with Gasteiger partial charge in [-0.15, -0.1) is 0 Å². The Labute approximate surface area is 86.0 Å². The first-order valence-electron chi connectivity index (χ1n) is 3.17. The molecular formula is C6H3BrF3NO2S. The fourth-order valence-electron chi connectivity index (χ4n) is 0.685. The van der Waals surface area contributed by atoms with Gasteiger partial charge in [0.25, 0.3) is 9.84 Å². The number of alkyl halides is 3. The molecule has 0 bridgehead atoms. The lowest BCUT2D eigenvalue weighted by atomic mass is 10.5. The van der Waals surface area contributed by atoms with E-state index in [2.05, 4.69) is 20.9 Å². The average Bonchev–Trinajstić information content (AvgIpc) is 2.02. The molecule has 0 unspecified atom stereocenters. The van der Waals surface area contributed by atoms with Crippen molar-refractivity contribution in [1.82, 2.24) is 4.98 Å². The first-order chi connectivity index (χ1) is 6.27. The lowest BCUT2D eigenvalue weighted by Crippen LogP contribution is -2.23. The van der Waals surface area contributed by atoms with Crippen LogP contribution in [0.5, 0.6) is 0 Å². The summed E-state index contributed by atoms with van der Waals surface area (Å²) < 4.78 is 57.8. The number of rotatable bonds is 1. The molecule has 14 heavy (non-hydrogen) atoms. The zero-order valence-electron chi connectivity index (χ0n) is 6.42. The summed E-state index contributed by atoms with van der Waals surface area (Å²) in [6.07, 6.45) is 1.83. The second-order valence-corrected chi connectivity index (χ2v) is 5.02. The highest BCUT2D eigenvalue weighted by atomic mass is 79.9. The van der Waals surface area contributed by atoms with Crippen molar-refractivity contribution in [3.63, 3.8) is 0 Å². The fourth-order valence-corrected chi connectivity index (χ4v) is 2.32. The number of aromatic nitrogens is 1. The van der Waals surface area contributed by atoms with E-state index in [1.807, 2.05) is 0 Å². The predicted octanol–water partition coefficient (Wildman–Crippen LogP) is 2.14. The summed E-state index contributed by atoms with van der Waals surface area (Å²) in [5.74, 6) is 0. The van der Waals surface area contributed by atoms with E-state index in [-0.39, 0.29) is 4.47 Å². The number of hydrogen-bond acceptors (Lipinski definition) is 3. The second kappa shape index (κ2) is 3.50. The Morgan fingerprint density at radius 1 is 1.36 bits per heavy atom. The van der Waals surface area contributed by atoms with Crippen molar-refractivity contribution in [3.8, 4) is 0 Å². The summed E-state index contributed by atoms with van der Waals surface area (Å²) in [6, 6.07) is 1.12. The minimum absolute atomic E-state index is 0.162. The third-order valence-electron chi connectivity index (χ3n) is 1.33. The molecule has 0 aliphatic rings. The maximum Gasteiger partial charge on any atom is 0.502 e. The van der Waals surface area contributed by atoms with E-state index in [4.69, 9.17) is 0 Å². The van der Waals surface area contributed by atoms with Gasteiger partial charge in [-0.25, -0.2) is 8.42 Å². The summed E-state index contributed by atoms with van der Waals surface area (Å²) >= 11 is 2.71. The van der Waals surface area contributed by atoms with Gasteiger partial charge in [0.15, 0.2) is 0 Å². The summed E-state index contributed by atoms with van der Waals surface area (Å²) in [5, 5.41) is 0. The molecule has 1 aromatic rings. The Balaban J connectivity index is 3.40. The molecule has 1 heterocycles. The number of nitrogens with zero attached hydrogens (tertiary/aromatic N) is 1. The quantitative estimate of drug-likeness (QED) is 0.796.